The average Bonchev–Trinajstić information content (AvgIpc) is 2.78. The molecule has 2 rings (SSSR count). The average molecular weight is 296 g/mol. The molecule has 2 unspecified atom stereocenters. The molecule has 5 heteroatoms. The fourth-order valence-corrected chi connectivity index (χ4v) is 2.76. The van der Waals surface area contributed by atoms with Gasteiger partial charge in [0.05, 0.1) is 6.54 Å². The van der Waals surface area contributed by atoms with Crippen LogP contribution in [-0.4, -0.2) is 48.9 Å². The minimum Gasteiger partial charge on any atom is -0.319 e. The summed E-state index contributed by atoms with van der Waals surface area (Å²) in [7, 11) is 4.09. The van der Waals surface area contributed by atoms with Crippen molar-refractivity contribution in [3.05, 3.63) is 34.9 Å². The molecule has 1 fully saturated rings. The second-order valence-electron chi connectivity index (χ2n) is 5.58. The Balaban J connectivity index is 2.14. The van der Waals surface area contributed by atoms with Crippen LogP contribution in [0.1, 0.15) is 25.1 Å². The third kappa shape index (κ3) is 3.51. The van der Waals surface area contributed by atoms with Crippen molar-refractivity contribution in [2.45, 2.75) is 25.6 Å². The van der Waals surface area contributed by atoms with Crippen molar-refractivity contribution in [1.82, 2.24) is 15.1 Å². The third-order valence-corrected chi connectivity index (χ3v) is 3.88. The van der Waals surface area contributed by atoms with Crippen molar-refractivity contribution in [2.24, 2.45) is 0 Å². The minimum atomic E-state index is -0.0710. The van der Waals surface area contributed by atoms with Crippen LogP contribution < -0.4 is 5.32 Å². The van der Waals surface area contributed by atoms with E-state index in [0.29, 0.717) is 11.6 Å². The molecule has 1 amide bonds. The summed E-state index contributed by atoms with van der Waals surface area (Å²) in [5.41, 5.74) is 1.04. The smallest absolute Gasteiger partial charge is 0.238 e. The maximum atomic E-state index is 12.1. The Bertz CT molecular complexity index is 478. The number of amides is 1. The molecule has 1 aromatic carbocycles. The highest BCUT2D eigenvalue weighted by atomic mass is 35.5. The van der Waals surface area contributed by atoms with Crippen molar-refractivity contribution < 1.29 is 4.79 Å². The van der Waals surface area contributed by atoms with Gasteiger partial charge >= 0.3 is 0 Å². The summed E-state index contributed by atoms with van der Waals surface area (Å²) in [4.78, 5) is 16.2. The second kappa shape index (κ2) is 6.57. The Kier molecular flexibility index (Phi) is 5.02. The van der Waals surface area contributed by atoms with E-state index in [2.05, 4.69) is 17.1 Å². The highest BCUT2D eigenvalue weighted by molar-refractivity contribution is 6.30. The van der Waals surface area contributed by atoms with Crippen LogP contribution in [0.4, 0.5) is 0 Å². The standard InChI is InChI=1S/C15H22ClN3O/c1-11(7-8-18(2)3)19-14(20)10-17-15(19)12-5-4-6-13(16)9-12/h4-6,9,11,15,17H,7-8,10H2,1-3H3. The Morgan fingerprint density at radius 2 is 2.25 bits per heavy atom. The molecule has 0 aliphatic carbocycles. The van der Waals surface area contributed by atoms with Crippen LogP contribution in [0.3, 0.4) is 0 Å². The van der Waals surface area contributed by atoms with E-state index in [-0.39, 0.29) is 18.1 Å². The first-order chi connectivity index (χ1) is 9.49. The fraction of sp³-hybridized carbons (Fsp3) is 0.533. The number of rotatable bonds is 5. The van der Waals surface area contributed by atoms with Gasteiger partial charge < -0.3 is 9.80 Å². The van der Waals surface area contributed by atoms with Crippen molar-refractivity contribution in [3.63, 3.8) is 0 Å². The summed E-state index contributed by atoms with van der Waals surface area (Å²) in [6.07, 6.45) is 0.885. The molecule has 0 spiro atoms. The molecule has 0 saturated carbocycles. The van der Waals surface area contributed by atoms with Gasteiger partial charge in [-0.1, -0.05) is 23.7 Å². The number of hydrogen-bond donors (Lipinski definition) is 1. The van der Waals surface area contributed by atoms with Crippen LogP contribution in [0.5, 0.6) is 0 Å². The van der Waals surface area contributed by atoms with Gasteiger partial charge in [0.15, 0.2) is 0 Å². The molecule has 0 aromatic heterocycles. The molecular weight excluding hydrogens is 274 g/mol. The van der Waals surface area contributed by atoms with Crippen LogP contribution >= 0.6 is 11.6 Å². The van der Waals surface area contributed by atoms with Gasteiger partial charge in [-0.25, -0.2) is 0 Å². The Morgan fingerprint density at radius 1 is 1.50 bits per heavy atom. The lowest BCUT2D eigenvalue weighted by molar-refractivity contribution is -0.130. The molecular formula is C15H22ClN3O. The first-order valence-electron chi connectivity index (χ1n) is 6.94. The number of halogens is 1. The quantitative estimate of drug-likeness (QED) is 0.904. The second-order valence-corrected chi connectivity index (χ2v) is 6.02. The van der Waals surface area contributed by atoms with Gasteiger partial charge in [-0.15, -0.1) is 0 Å². The zero-order valence-electron chi connectivity index (χ0n) is 12.3. The molecule has 1 saturated heterocycles. The summed E-state index contributed by atoms with van der Waals surface area (Å²) in [5, 5.41) is 3.97. The predicted molar refractivity (Wildman–Crippen MR) is 81.7 cm³/mol. The van der Waals surface area contributed by atoms with Crippen LogP contribution in [0.2, 0.25) is 5.02 Å². The maximum Gasteiger partial charge on any atom is 0.238 e. The SMILES string of the molecule is CC(CCN(C)C)N1C(=O)CNC1c1cccc(Cl)c1. The van der Waals surface area contributed by atoms with Crippen LogP contribution in [0.25, 0.3) is 0 Å². The van der Waals surface area contributed by atoms with E-state index in [4.69, 9.17) is 11.6 Å². The number of hydrogen-bond acceptors (Lipinski definition) is 3. The van der Waals surface area contributed by atoms with Gasteiger partial charge in [-0.05, 0) is 51.7 Å². The molecule has 110 valence electrons. The maximum absolute atomic E-state index is 12.1. The highest BCUT2D eigenvalue weighted by Crippen LogP contribution is 2.27. The Hall–Kier alpha value is -1.10. The van der Waals surface area contributed by atoms with Crippen molar-refractivity contribution >= 4 is 17.5 Å². The van der Waals surface area contributed by atoms with E-state index in [1.807, 2.05) is 43.3 Å². The fourth-order valence-electron chi connectivity index (χ4n) is 2.56. The monoisotopic (exact) mass is 295 g/mol. The number of carbonyl (C=O) groups excluding carboxylic acids is 1. The summed E-state index contributed by atoms with van der Waals surface area (Å²) >= 11 is 6.05. The lowest BCUT2D eigenvalue weighted by atomic mass is 10.1. The van der Waals surface area contributed by atoms with Crippen molar-refractivity contribution in [3.8, 4) is 0 Å². The molecule has 0 bridgehead atoms. The van der Waals surface area contributed by atoms with Gasteiger partial charge in [-0.2, -0.15) is 0 Å². The van der Waals surface area contributed by atoms with E-state index in [1.54, 1.807) is 0 Å². The molecule has 1 aliphatic rings. The largest absolute Gasteiger partial charge is 0.319 e. The van der Waals surface area contributed by atoms with E-state index in [0.717, 1.165) is 18.5 Å². The number of nitrogens with zero attached hydrogens (tertiary/aromatic N) is 2. The van der Waals surface area contributed by atoms with E-state index >= 15 is 0 Å². The number of benzene rings is 1. The normalized spacial score (nSPS) is 20.8. The van der Waals surface area contributed by atoms with Gasteiger partial charge in [0.1, 0.15) is 6.17 Å². The van der Waals surface area contributed by atoms with Gasteiger partial charge in [0.25, 0.3) is 0 Å². The van der Waals surface area contributed by atoms with E-state index in [9.17, 15) is 4.79 Å². The predicted octanol–water partition coefficient (Wildman–Crippen LogP) is 2.11. The zero-order valence-corrected chi connectivity index (χ0v) is 13.0. The summed E-state index contributed by atoms with van der Waals surface area (Å²) in [6, 6.07) is 7.90. The van der Waals surface area contributed by atoms with Crippen molar-refractivity contribution in [2.75, 3.05) is 27.2 Å². The summed E-state index contributed by atoms with van der Waals surface area (Å²) in [5.74, 6) is 0.154. The first-order valence-corrected chi connectivity index (χ1v) is 7.31. The van der Waals surface area contributed by atoms with Crippen LogP contribution in [0.15, 0.2) is 24.3 Å². The molecule has 0 radical (unpaired) electrons. The van der Waals surface area contributed by atoms with Gasteiger partial charge in [0.2, 0.25) is 5.91 Å². The lowest BCUT2D eigenvalue weighted by Gasteiger charge is -2.31. The summed E-state index contributed by atoms with van der Waals surface area (Å²) < 4.78 is 0. The van der Waals surface area contributed by atoms with E-state index < -0.39 is 0 Å². The molecule has 1 aromatic rings. The summed E-state index contributed by atoms with van der Waals surface area (Å²) in [6.45, 7) is 3.46. The number of nitrogens with one attached hydrogen (secondary N) is 1. The molecule has 1 aliphatic heterocycles. The van der Waals surface area contributed by atoms with Gasteiger partial charge in [-0.3, -0.25) is 10.1 Å². The Labute approximate surface area is 125 Å². The molecule has 1 heterocycles. The van der Waals surface area contributed by atoms with Crippen LogP contribution in [0, 0.1) is 0 Å². The van der Waals surface area contributed by atoms with Crippen LogP contribution in [-0.2, 0) is 4.79 Å². The zero-order chi connectivity index (χ0) is 14.7. The van der Waals surface area contributed by atoms with E-state index in [1.165, 1.54) is 0 Å². The molecule has 2 atom stereocenters. The molecule has 1 N–H and O–H groups in total. The third-order valence-electron chi connectivity index (χ3n) is 3.65. The highest BCUT2D eigenvalue weighted by Gasteiger charge is 2.34. The Morgan fingerprint density at radius 3 is 2.90 bits per heavy atom. The molecule has 4 nitrogen and oxygen atoms in total. The lowest BCUT2D eigenvalue weighted by Crippen LogP contribution is -2.39. The van der Waals surface area contributed by atoms with Crippen molar-refractivity contribution in [1.29, 1.82) is 0 Å². The first kappa shape index (κ1) is 15.3. The minimum absolute atomic E-state index is 0.0710. The molecule has 20 heavy (non-hydrogen) atoms. The number of carbonyl (C=O) groups is 1. The van der Waals surface area contributed by atoms with Gasteiger partial charge in [0, 0.05) is 11.1 Å². The topological polar surface area (TPSA) is 35.6 Å².